The summed E-state index contributed by atoms with van der Waals surface area (Å²) in [5.41, 5.74) is 1.31. The van der Waals surface area contributed by atoms with Crippen molar-refractivity contribution < 1.29 is 0 Å². The molecule has 0 atom stereocenters. The van der Waals surface area contributed by atoms with Crippen LogP contribution in [0.15, 0.2) is 115 Å². The molecule has 0 N–H and O–H groups in total. The van der Waals surface area contributed by atoms with Crippen LogP contribution in [0, 0.1) is 0 Å². The molecule has 0 spiro atoms. The van der Waals surface area contributed by atoms with Crippen molar-refractivity contribution >= 4 is 40.7 Å². The molecular formula is C25H21ClSn. The van der Waals surface area contributed by atoms with Crippen molar-refractivity contribution in [3.8, 4) is 0 Å². The molecule has 4 rings (SSSR count). The number of hydrogen-bond donors (Lipinski definition) is 0. The second-order valence-electron chi connectivity index (χ2n) is 6.81. The van der Waals surface area contributed by atoms with E-state index in [4.69, 9.17) is 11.6 Å². The molecule has 0 unspecified atom stereocenters. The van der Waals surface area contributed by atoms with Crippen LogP contribution in [-0.4, -0.2) is 18.4 Å². The van der Waals surface area contributed by atoms with Crippen LogP contribution in [0.3, 0.4) is 0 Å². The molecule has 0 aliphatic carbocycles. The topological polar surface area (TPSA) is 0 Å². The van der Waals surface area contributed by atoms with Gasteiger partial charge in [0.2, 0.25) is 0 Å². The van der Waals surface area contributed by atoms with Crippen molar-refractivity contribution in [1.82, 2.24) is 0 Å². The van der Waals surface area contributed by atoms with E-state index in [2.05, 4.69) is 109 Å². The van der Waals surface area contributed by atoms with E-state index < -0.39 is 18.4 Å². The van der Waals surface area contributed by atoms with Gasteiger partial charge in [0.15, 0.2) is 0 Å². The van der Waals surface area contributed by atoms with Crippen LogP contribution in [0.2, 0.25) is 5.02 Å². The van der Waals surface area contributed by atoms with Crippen LogP contribution in [-0.2, 0) is 4.44 Å². The predicted octanol–water partition coefficient (Wildman–Crippen LogP) is 4.59. The zero-order chi connectivity index (χ0) is 18.5. The van der Waals surface area contributed by atoms with Gasteiger partial charge in [-0.15, -0.1) is 0 Å². The van der Waals surface area contributed by atoms with E-state index in [0.29, 0.717) is 0 Å². The Hall–Kier alpha value is -2.03. The van der Waals surface area contributed by atoms with E-state index in [-0.39, 0.29) is 0 Å². The Morgan fingerprint density at radius 3 is 1.37 bits per heavy atom. The molecule has 0 amide bonds. The molecule has 0 aromatic heterocycles. The minimum absolute atomic E-state index is 0.807. The van der Waals surface area contributed by atoms with Gasteiger partial charge in [0.1, 0.15) is 0 Å². The Morgan fingerprint density at radius 1 is 0.519 bits per heavy atom. The molecular weight excluding hydrogens is 454 g/mol. The first kappa shape index (κ1) is 18.3. The fourth-order valence-electron chi connectivity index (χ4n) is 3.93. The predicted molar refractivity (Wildman–Crippen MR) is 119 cm³/mol. The van der Waals surface area contributed by atoms with E-state index in [1.54, 1.807) is 0 Å². The number of halogens is 1. The van der Waals surface area contributed by atoms with Gasteiger partial charge in [-0.05, 0) is 0 Å². The zero-order valence-corrected chi connectivity index (χ0v) is 18.7. The Bertz CT molecular complexity index is 901. The molecule has 0 saturated carbocycles. The molecule has 0 radical (unpaired) electrons. The van der Waals surface area contributed by atoms with Gasteiger partial charge in [-0.1, -0.05) is 0 Å². The maximum atomic E-state index is 6.34. The van der Waals surface area contributed by atoms with E-state index in [1.165, 1.54) is 16.3 Å². The summed E-state index contributed by atoms with van der Waals surface area (Å²) in [6.45, 7) is 0. The summed E-state index contributed by atoms with van der Waals surface area (Å²) in [6.07, 6.45) is 0. The van der Waals surface area contributed by atoms with Gasteiger partial charge >= 0.3 is 171 Å². The second kappa shape index (κ2) is 8.33. The molecule has 27 heavy (non-hydrogen) atoms. The fraction of sp³-hybridized carbons (Fsp3) is 0.0400. The van der Waals surface area contributed by atoms with Crippen molar-refractivity contribution in [2.75, 3.05) is 0 Å². The van der Waals surface area contributed by atoms with Crippen molar-refractivity contribution in [3.63, 3.8) is 0 Å². The number of benzene rings is 4. The Labute approximate surface area is 170 Å². The van der Waals surface area contributed by atoms with Crippen molar-refractivity contribution in [2.24, 2.45) is 0 Å². The van der Waals surface area contributed by atoms with E-state index in [0.717, 1.165) is 9.46 Å². The van der Waals surface area contributed by atoms with E-state index in [9.17, 15) is 0 Å². The van der Waals surface area contributed by atoms with Gasteiger partial charge in [0.05, 0.1) is 0 Å². The second-order valence-corrected chi connectivity index (χ2v) is 18.4. The molecule has 0 bridgehead atoms. The van der Waals surface area contributed by atoms with Gasteiger partial charge in [-0.3, -0.25) is 0 Å². The van der Waals surface area contributed by atoms with Crippen molar-refractivity contribution in [1.29, 1.82) is 0 Å². The molecule has 0 saturated heterocycles. The summed E-state index contributed by atoms with van der Waals surface area (Å²) in [5, 5.41) is 0.807. The number of hydrogen-bond acceptors (Lipinski definition) is 0. The first-order valence-electron chi connectivity index (χ1n) is 9.20. The summed E-state index contributed by atoms with van der Waals surface area (Å²) in [4.78, 5) is 0. The SMILES string of the molecule is Clc1cccc([CH2][Sn]([c]2ccccc2)([c]2ccccc2)[c]2ccccc2)c1. The maximum absolute atomic E-state index is 6.34. The average Bonchev–Trinajstić information content (AvgIpc) is 2.74. The standard InChI is InChI=1S/C7H6Cl.3C6H5.Sn/c1-6-3-2-4-7(8)5-6;3*1-2-4-6-5-3-1;/h2-5H,1H2;3*1-5H;. The summed E-state index contributed by atoms with van der Waals surface area (Å²) < 4.78 is 5.52. The third-order valence-electron chi connectivity index (χ3n) is 5.16. The summed E-state index contributed by atoms with van der Waals surface area (Å²) >= 11 is 3.08. The summed E-state index contributed by atoms with van der Waals surface area (Å²) in [6, 6.07) is 41.6. The molecule has 0 nitrogen and oxygen atoms in total. The van der Waals surface area contributed by atoms with Crippen LogP contribution in [0.5, 0.6) is 0 Å². The third kappa shape index (κ3) is 3.83. The van der Waals surface area contributed by atoms with Gasteiger partial charge in [-0.2, -0.15) is 0 Å². The van der Waals surface area contributed by atoms with Gasteiger partial charge < -0.3 is 0 Å². The molecule has 0 heterocycles. The fourth-order valence-corrected chi connectivity index (χ4v) is 17.6. The quantitative estimate of drug-likeness (QED) is 0.371. The first-order chi connectivity index (χ1) is 13.3. The van der Waals surface area contributed by atoms with Crippen LogP contribution in [0.4, 0.5) is 0 Å². The minimum atomic E-state index is -3.25. The molecule has 0 aliphatic heterocycles. The molecule has 4 aromatic carbocycles. The normalized spacial score (nSPS) is 11.3. The monoisotopic (exact) mass is 476 g/mol. The summed E-state index contributed by atoms with van der Waals surface area (Å²) in [7, 11) is 0. The molecule has 132 valence electrons. The van der Waals surface area contributed by atoms with Crippen LogP contribution < -0.4 is 10.7 Å². The molecule has 0 fully saturated rings. The average molecular weight is 476 g/mol. The van der Waals surface area contributed by atoms with Gasteiger partial charge in [0, 0.05) is 0 Å². The van der Waals surface area contributed by atoms with Gasteiger partial charge in [0.25, 0.3) is 0 Å². The van der Waals surface area contributed by atoms with Crippen LogP contribution in [0.25, 0.3) is 0 Å². The molecule has 0 aliphatic rings. The van der Waals surface area contributed by atoms with Crippen molar-refractivity contribution in [3.05, 3.63) is 126 Å². The first-order valence-corrected chi connectivity index (χ1v) is 15.9. The van der Waals surface area contributed by atoms with E-state index in [1.807, 2.05) is 6.07 Å². The Kier molecular flexibility index (Phi) is 5.66. The van der Waals surface area contributed by atoms with Gasteiger partial charge in [-0.25, -0.2) is 0 Å². The van der Waals surface area contributed by atoms with Crippen LogP contribution >= 0.6 is 11.6 Å². The summed E-state index contributed by atoms with van der Waals surface area (Å²) in [5.74, 6) is 0. The number of rotatable bonds is 5. The molecule has 2 heteroatoms. The Morgan fingerprint density at radius 2 is 0.963 bits per heavy atom. The van der Waals surface area contributed by atoms with E-state index >= 15 is 0 Å². The Balaban J connectivity index is 2.00. The molecule has 4 aromatic rings. The van der Waals surface area contributed by atoms with Crippen LogP contribution in [0.1, 0.15) is 5.56 Å². The zero-order valence-electron chi connectivity index (χ0n) is 15.1. The third-order valence-corrected chi connectivity index (χ3v) is 19.4. The van der Waals surface area contributed by atoms with Crippen molar-refractivity contribution in [2.45, 2.75) is 4.44 Å².